The van der Waals surface area contributed by atoms with Gasteiger partial charge in [-0.15, -0.1) is 0 Å². The van der Waals surface area contributed by atoms with Crippen molar-refractivity contribution < 1.29 is 9.53 Å². The Kier molecular flexibility index (Phi) is 4.05. The van der Waals surface area contributed by atoms with Crippen molar-refractivity contribution in [1.82, 2.24) is 14.7 Å². The number of aromatic nitrogens is 2. The molecule has 2 aliphatic rings. The smallest absolute Gasteiger partial charge is 0.222 e. The van der Waals surface area contributed by atoms with Crippen LogP contribution in [0.1, 0.15) is 38.5 Å². The SMILES string of the molecule is O=C1CC[C@]2(CCCO2)CCN1CCCn1cccn1. The number of likely N-dealkylation sites (tertiary alicyclic amines) is 1. The fourth-order valence-electron chi connectivity index (χ4n) is 3.32. The predicted octanol–water partition coefficient (Wildman–Crippen LogP) is 1.83. The van der Waals surface area contributed by atoms with E-state index in [2.05, 4.69) is 5.10 Å². The van der Waals surface area contributed by atoms with Crippen molar-refractivity contribution in [3.8, 4) is 0 Å². The lowest BCUT2D eigenvalue weighted by molar-refractivity contribution is -0.130. The summed E-state index contributed by atoms with van der Waals surface area (Å²) < 4.78 is 7.85. The number of carbonyl (C=O) groups excluding carboxylic acids is 1. The quantitative estimate of drug-likeness (QED) is 0.843. The van der Waals surface area contributed by atoms with Crippen LogP contribution >= 0.6 is 0 Å². The van der Waals surface area contributed by atoms with Crippen molar-refractivity contribution in [3.05, 3.63) is 18.5 Å². The minimum absolute atomic E-state index is 0.00634. The molecule has 5 nitrogen and oxygen atoms in total. The molecule has 0 N–H and O–H groups in total. The van der Waals surface area contributed by atoms with Gasteiger partial charge in [-0.05, 0) is 38.2 Å². The highest BCUT2D eigenvalue weighted by molar-refractivity contribution is 5.76. The maximum Gasteiger partial charge on any atom is 0.222 e. The fourth-order valence-corrected chi connectivity index (χ4v) is 3.32. The molecule has 0 radical (unpaired) electrons. The van der Waals surface area contributed by atoms with Gasteiger partial charge in [0.2, 0.25) is 5.91 Å². The van der Waals surface area contributed by atoms with Crippen LogP contribution in [0.15, 0.2) is 18.5 Å². The van der Waals surface area contributed by atoms with Crippen LogP contribution in [0, 0.1) is 0 Å². The Balaban J connectivity index is 1.50. The molecule has 0 unspecified atom stereocenters. The molecule has 5 heteroatoms. The second-order valence-electron chi connectivity index (χ2n) is 5.89. The van der Waals surface area contributed by atoms with Gasteiger partial charge in [-0.1, -0.05) is 0 Å². The van der Waals surface area contributed by atoms with Crippen LogP contribution in [0.5, 0.6) is 0 Å². The van der Waals surface area contributed by atoms with E-state index in [1.54, 1.807) is 6.20 Å². The summed E-state index contributed by atoms with van der Waals surface area (Å²) in [5, 5.41) is 4.19. The first-order chi connectivity index (χ1) is 9.77. The zero-order valence-electron chi connectivity index (χ0n) is 12.0. The van der Waals surface area contributed by atoms with Gasteiger partial charge in [0, 0.05) is 45.1 Å². The zero-order valence-corrected chi connectivity index (χ0v) is 12.0. The molecule has 0 saturated carbocycles. The van der Waals surface area contributed by atoms with E-state index in [0.717, 1.165) is 58.3 Å². The molecular formula is C15H23N3O2. The lowest BCUT2D eigenvalue weighted by Crippen LogP contribution is -2.33. The maximum absolute atomic E-state index is 12.2. The summed E-state index contributed by atoms with van der Waals surface area (Å²) in [6.07, 6.45) is 9.53. The molecule has 1 atom stereocenters. The van der Waals surface area contributed by atoms with Gasteiger partial charge < -0.3 is 9.64 Å². The number of carbonyl (C=O) groups is 1. The predicted molar refractivity (Wildman–Crippen MR) is 75.2 cm³/mol. The van der Waals surface area contributed by atoms with E-state index in [9.17, 15) is 4.79 Å². The minimum Gasteiger partial charge on any atom is -0.375 e. The Hall–Kier alpha value is -1.36. The molecule has 0 bridgehead atoms. The van der Waals surface area contributed by atoms with Gasteiger partial charge in [0.05, 0.1) is 5.60 Å². The molecule has 1 amide bonds. The van der Waals surface area contributed by atoms with Gasteiger partial charge in [0.1, 0.15) is 0 Å². The van der Waals surface area contributed by atoms with E-state index in [1.165, 1.54) is 0 Å². The number of hydrogen-bond donors (Lipinski definition) is 0. The maximum atomic E-state index is 12.2. The fraction of sp³-hybridized carbons (Fsp3) is 0.733. The summed E-state index contributed by atoms with van der Waals surface area (Å²) in [5.74, 6) is 0.290. The first-order valence-electron chi connectivity index (χ1n) is 7.67. The molecule has 1 aromatic rings. The largest absolute Gasteiger partial charge is 0.375 e. The van der Waals surface area contributed by atoms with Crippen molar-refractivity contribution in [2.24, 2.45) is 0 Å². The van der Waals surface area contributed by atoms with E-state index in [4.69, 9.17) is 4.74 Å². The number of rotatable bonds is 4. The second kappa shape index (κ2) is 5.95. The minimum atomic E-state index is 0.00634. The number of hydrogen-bond acceptors (Lipinski definition) is 3. The van der Waals surface area contributed by atoms with Gasteiger partial charge in [-0.3, -0.25) is 9.48 Å². The van der Waals surface area contributed by atoms with Crippen LogP contribution in [0.3, 0.4) is 0 Å². The van der Waals surface area contributed by atoms with E-state index < -0.39 is 0 Å². The Morgan fingerprint density at radius 2 is 2.25 bits per heavy atom. The Bertz CT molecular complexity index is 438. The average Bonchev–Trinajstić information content (AvgIpc) is 3.09. The molecule has 1 spiro atoms. The standard InChI is InChI=1S/C15H23N3O2/c19-14-4-6-15(5-1-13-20-15)7-12-17(14)9-3-11-18-10-2-8-16-18/h2,8,10H,1,3-7,9,11-13H2/t15-/m1/s1. The van der Waals surface area contributed by atoms with Gasteiger partial charge in [-0.25, -0.2) is 0 Å². The molecule has 3 rings (SSSR count). The van der Waals surface area contributed by atoms with Crippen LogP contribution in [0.2, 0.25) is 0 Å². The van der Waals surface area contributed by atoms with Gasteiger partial charge in [-0.2, -0.15) is 5.10 Å². The Morgan fingerprint density at radius 3 is 3.00 bits per heavy atom. The normalized spacial score (nSPS) is 27.2. The third kappa shape index (κ3) is 3.03. The monoisotopic (exact) mass is 277 g/mol. The molecule has 0 aliphatic carbocycles. The topological polar surface area (TPSA) is 47.4 Å². The third-order valence-corrected chi connectivity index (χ3v) is 4.54. The number of amides is 1. The van der Waals surface area contributed by atoms with Crippen LogP contribution in [0.25, 0.3) is 0 Å². The summed E-state index contributed by atoms with van der Waals surface area (Å²) >= 11 is 0. The third-order valence-electron chi connectivity index (χ3n) is 4.54. The van der Waals surface area contributed by atoms with Gasteiger partial charge >= 0.3 is 0 Å². The molecule has 0 aromatic carbocycles. The van der Waals surface area contributed by atoms with Gasteiger partial charge in [0.15, 0.2) is 0 Å². The van der Waals surface area contributed by atoms with Crippen LogP contribution in [-0.4, -0.2) is 45.9 Å². The number of ether oxygens (including phenoxy) is 1. The first kappa shape index (κ1) is 13.6. The lowest BCUT2D eigenvalue weighted by atomic mass is 9.92. The number of nitrogens with zero attached hydrogens (tertiary/aromatic N) is 3. The van der Waals surface area contributed by atoms with Crippen LogP contribution < -0.4 is 0 Å². The Labute approximate surface area is 119 Å². The molecule has 2 aliphatic heterocycles. The molecular weight excluding hydrogens is 254 g/mol. The van der Waals surface area contributed by atoms with Crippen molar-refractivity contribution in [3.63, 3.8) is 0 Å². The average molecular weight is 277 g/mol. The summed E-state index contributed by atoms with van der Waals surface area (Å²) in [6.45, 7) is 3.42. The highest BCUT2D eigenvalue weighted by Gasteiger charge is 2.38. The Morgan fingerprint density at radius 1 is 1.30 bits per heavy atom. The van der Waals surface area contributed by atoms with E-state index in [-0.39, 0.29) is 11.5 Å². The molecule has 110 valence electrons. The van der Waals surface area contributed by atoms with Crippen molar-refractivity contribution in [1.29, 1.82) is 0 Å². The zero-order chi connectivity index (χ0) is 13.8. The highest BCUT2D eigenvalue weighted by atomic mass is 16.5. The second-order valence-corrected chi connectivity index (χ2v) is 5.89. The van der Waals surface area contributed by atoms with Crippen molar-refractivity contribution in [2.75, 3.05) is 19.7 Å². The summed E-state index contributed by atoms with van der Waals surface area (Å²) in [6, 6.07) is 1.93. The number of aryl methyl sites for hydroxylation is 1. The molecule has 1 aromatic heterocycles. The molecule has 20 heavy (non-hydrogen) atoms. The van der Waals surface area contributed by atoms with Crippen molar-refractivity contribution >= 4 is 5.91 Å². The van der Waals surface area contributed by atoms with Crippen LogP contribution in [-0.2, 0) is 16.1 Å². The summed E-state index contributed by atoms with van der Waals surface area (Å²) in [7, 11) is 0. The lowest BCUT2D eigenvalue weighted by Gasteiger charge is -2.26. The summed E-state index contributed by atoms with van der Waals surface area (Å²) in [4.78, 5) is 14.2. The van der Waals surface area contributed by atoms with E-state index in [0.29, 0.717) is 6.42 Å². The van der Waals surface area contributed by atoms with Crippen LogP contribution in [0.4, 0.5) is 0 Å². The first-order valence-corrected chi connectivity index (χ1v) is 7.67. The van der Waals surface area contributed by atoms with E-state index in [1.807, 2.05) is 21.8 Å². The summed E-state index contributed by atoms with van der Waals surface area (Å²) in [5.41, 5.74) is 0.00634. The van der Waals surface area contributed by atoms with Gasteiger partial charge in [0.25, 0.3) is 0 Å². The van der Waals surface area contributed by atoms with E-state index >= 15 is 0 Å². The highest BCUT2D eigenvalue weighted by Crippen LogP contribution is 2.35. The molecule has 2 fully saturated rings. The molecule has 3 heterocycles. The van der Waals surface area contributed by atoms with Crippen molar-refractivity contribution in [2.45, 2.75) is 50.7 Å². The molecule has 2 saturated heterocycles.